The molecule has 0 fully saturated rings. The quantitative estimate of drug-likeness (QED) is 0.234. The Morgan fingerprint density at radius 3 is 0.667 bits per heavy atom. The molecule has 0 aromatic carbocycles. The van der Waals surface area contributed by atoms with Crippen LogP contribution in [-0.2, 0) is 9.53 Å². The maximum Gasteiger partial charge on any atom is 0.330 e. The van der Waals surface area contributed by atoms with Gasteiger partial charge in [0.1, 0.15) is 6.61 Å². The van der Waals surface area contributed by atoms with Crippen LogP contribution in [0.15, 0.2) is 197 Å². The second kappa shape index (κ2) is 4160. The van der Waals surface area contributed by atoms with Gasteiger partial charge >= 0.3 is 5.97 Å². The van der Waals surface area contributed by atoms with Gasteiger partial charge in [-0.1, -0.05) is 6.58 Å². The first-order valence-corrected chi connectivity index (χ1v) is 9.21. The number of aliphatic hydroxyl groups is 1. The molecule has 0 bridgehead atoms. The third-order valence-electron chi connectivity index (χ3n) is 0.502. The number of carbonyl (C=O) groups is 1. The summed E-state index contributed by atoms with van der Waals surface area (Å²) in [7, 11) is 0. The third kappa shape index (κ3) is 10300. The van der Waals surface area contributed by atoms with E-state index in [1.165, 1.54) is 0 Å². The van der Waals surface area contributed by atoms with Crippen molar-refractivity contribution in [3.8, 4) is 0 Å². The summed E-state index contributed by atoms with van der Waals surface area (Å²) in [4.78, 5) is 10.1. The van der Waals surface area contributed by atoms with Crippen molar-refractivity contribution < 1.29 is 14.6 Å². The van der Waals surface area contributed by atoms with Gasteiger partial charge in [0.05, 0.1) is 6.61 Å². The molecule has 36 heavy (non-hydrogen) atoms. The molecule has 0 aliphatic rings. The predicted molar refractivity (Wildman–Crippen MR) is 186 cm³/mol. The zero-order valence-corrected chi connectivity index (χ0v) is 24.3. The van der Waals surface area contributed by atoms with Crippen molar-refractivity contribution in [2.75, 3.05) is 13.2 Å². The second-order valence-corrected chi connectivity index (χ2v) is 1.10. The highest BCUT2D eigenvalue weighted by molar-refractivity contribution is 5.81. The lowest BCUT2D eigenvalue weighted by molar-refractivity contribution is -0.138. The molecule has 0 aromatic heterocycles. The molecule has 0 aliphatic carbocycles. The van der Waals surface area contributed by atoms with Crippen molar-refractivity contribution in [1.29, 1.82) is 0 Å². The lowest BCUT2D eigenvalue weighted by atomic mass is 10.6. The Bertz CT molecular complexity index is 200. The Morgan fingerprint density at radius 1 is 0.444 bits per heavy atom. The van der Waals surface area contributed by atoms with Crippen LogP contribution >= 0.6 is 0 Å². The number of esters is 1. The lowest BCUT2D eigenvalue weighted by Gasteiger charge is -1.94. The molecule has 0 saturated heterocycles. The molecular weight excluding hydrogens is 444 g/mol. The van der Waals surface area contributed by atoms with E-state index in [0.717, 1.165) is 6.08 Å². The Kier molecular flexibility index (Phi) is 12400. The molecular formula is C33H64O3. The number of hydrogen-bond acceptors (Lipinski definition) is 3. The first-order valence-electron chi connectivity index (χ1n) is 9.21. The first-order chi connectivity index (χ1) is 17.8. The standard InChI is InChI=1S/C5H8O3.14C2H4/c1-2-5(7)8-4-3-6;14*1-2/h2,6H,1,3-4H2;14*1-2H2. The van der Waals surface area contributed by atoms with E-state index in [2.05, 4.69) is 196 Å². The van der Waals surface area contributed by atoms with Crippen molar-refractivity contribution in [3.63, 3.8) is 0 Å². The summed E-state index contributed by atoms with van der Waals surface area (Å²) < 4.78 is 4.33. The van der Waals surface area contributed by atoms with Crippen LogP contribution in [0.3, 0.4) is 0 Å². The van der Waals surface area contributed by atoms with E-state index in [1.54, 1.807) is 0 Å². The van der Waals surface area contributed by atoms with Crippen LogP contribution in [0.5, 0.6) is 0 Å². The smallest absolute Gasteiger partial charge is 0.330 e. The summed E-state index contributed by atoms with van der Waals surface area (Å²) in [5, 5.41) is 8.10. The summed E-state index contributed by atoms with van der Waals surface area (Å²) in [6.07, 6.45) is 1.05. The fourth-order valence-corrected chi connectivity index (χ4v) is 0.205. The van der Waals surface area contributed by atoms with Gasteiger partial charge in [0.2, 0.25) is 0 Å². The minimum Gasteiger partial charge on any atom is -0.460 e. The van der Waals surface area contributed by atoms with Crippen LogP contribution in [0.4, 0.5) is 0 Å². The van der Waals surface area contributed by atoms with Gasteiger partial charge in [-0.3, -0.25) is 0 Å². The fourth-order valence-electron chi connectivity index (χ4n) is 0.205. The molecule has 214 valence electrons. The molecule has 3 nitrogen and oxygen atoms in total. The van der Waals surface area contributed by atoms with Crippen LogP contribution in [0.2, 0.25) is 0 Å². The summed E-state index contributed by atoms with van der Waals surface area (Å²) >= 11 is 0. The fraction of sp³-hybridized carbons (Fsp3) is 0.0606. The monoisotopic (exact) mass is 508 g/mol. The first kappa shape index (κ1) is 108. The van der Waals surface area contributed by atoms with E-state index in [0.29, 0.717) is 0 Å². The zero-order valence-electron chi connectivity index (χ0n) is 24.3. The Morgan fingerprint density at radius 2 is 0.583 bits per heavy atom. The minimum atomic E-state index is -0.501. The van der Waals surface area contributed by atoms with E-state index in [1.807, 2.05) is 0 Å². The number of aliphatic hydroxyl groups excluding tert-OH is 1. The van der Waals surface area contributed by atoms with Crippen molar-refractivity contribution >= 4 is 5.97 Å². The summed E-state index contributed by atoms with van der Waals surface area (Å²) in [6, 6.07) is 0. The molecule has 0 radical (unpaired) electrons. The Balaban J connectivity index is -0.0000000107. The van der Waals surface area contributed by atoms with Crippen LogP contribution in [-0.4, -0.2) is 24.3 Å². The number of carbonyl (C=O) groups excluding carboxylic acids is 1. The number of hydrogen-bond donors (Lipinski definition) is 1. The number of ether oxygens (including phenoxy) is 1. The highest BCUT2D eigenvalue weighted by atomic mass is 16.5. The van der Waals surface area contributed by atoms with E-state index >= 15 is 0 Å². The molecule has 0 atom stereocenters. The van der Waals surface area contributed by atoms with Crippen molar-refractivity contribution in [2.45, 2.75) is 0 Å². The highest BCUT2D eigenvalue weighted by Crippen LogP contribution is 1.75. The maximum atomic E-state index is 10.1. The summed E-state index contributed by atoms with van der Waals surface area (Å²) in [5.41, 5.74) is 0. The van der Waals surface area contributed by atoms with Gasteiger partial charge in [0.15, 0.2) is 0 Å². The van der Waals surface area contributed by atoms with Crippen molar-refractivity contribution in [1.82, 2.24) is 0 Å². The summed E-state index contributed by atoms with van der Waals surface area (Å²) in [6.45, 7) is 87.1. The Hall–Kier alpha value is -4.47. The van der Waals surface area contributed by atoms with E-state index < -0.39 is 5.97 Å². The topological polar surface area (TPSA) is 46.5 Å². The van der Waals surface area contributed by atoms with Crippen LogP contribution in [0.1, 0.15) is 0 Å². The van der Waals surface area contributed by atoms with Crippen LogP contribution in [0.25, 0.3) is 0 Å². The lowest BCUT2D eigenvalue weighted by Crippen LogP contribution is -2.04. The molecule has 0 spiro atoms. The zero-order chi connectivity index (χ0) is 34.4. The predicted octanol–water partition coefficient (Wildman–Crippen LogP) is 10.9. The average Bonchev–Trinajstić information content (AvgIpc) is 3.09. The van der Waals surface area contributed by atoms with E-state index in [4.69, 9.17) is 5.11 Å². The summed E-state index contributed by atoms with van der Waals surface area (Å²) in [5.74, 6) is -0.501. The SMILES string of the molecule is C=C.C=C.C=C.C=C.C=C.C=C.C=C.C=C.C=C.C=C.C=C.C=C.C=C.C=C.C=CC(=O)OCCO. The molecule has 1 N–H and O–H groups in total. The van der Waals surface area contributed by atoms with E-state index in [9.17, 15) is 4.79 Å². The Labute approximate surface area is 230 Å². The molecule has 0 aliphatic heterocycles. The van der Waals surface area contributed by atoms with Crippen molar-refractivity contribution in [2.24, 2.45) is 0 Å². The van der Waals surface area contributed by atoms with Gasteiger partial charge < -0.3 is 9.84 Å². The molecule has 0 saturated carbocycles. The largest absolute Gasteiger partial charge is 0.460 e. The molecule has 0 heterocycles. The highest BCUT2D eigenvalue weighted by Gasteiger charge is 1.90. The van der Waals surface area contributed by atoms with E-state index in [-0.39, 0.29) is 13.2 Å². The normalized spacial score (nSPS) is 3.36. The molecule has 0 unspecified atom stereocenters. The van der Waals surface area contributed by atoms with Gasteiger partial charge in [-0.2, -0.15) is 0 Å². The van der Waals surface area contributed by atoms with Gasteiger partial charge in [0, 0.05) is 6.08 Å². The maximum absolute atomic E-state index is 10.1. The van der Waals surface area contributed by atoms with Crippen LogP contribution < -0.4 is 0 Å². The van der Waals surface area contributed by atoms with Gasteiger partial charge in [-0.15, -0.1) is 184 Å². The number of rotatable bonds is 3. The van der Waals surface area contributed by atoms with Gasteiger partial charge in [-0.05, 0) is 0 Å². The van der Waals surface area contributed by atoms with Crippen LogP contribution in [0, 0.1) is 0 Å². The minimum absolute atomic E-state index is 0.0465. The van der Waals surface area contributed by atoms with Gasteiger partial charge in [0.25, 0.3) is 0 Å². The molecule has 0 amide bonds. The molecule has 0 aromatic rings. The van der Waals surface area contributed by atoms with Gasteiger partial charge in [-0.25, -0.2) is 4.79 Å². The average molecular weight is 509 g/mol. The second-order valence-electron chi connectivity index (χ2n) is 1.10. The molecule has 3 heteroatoms. The third-order valence-corrected chi connectivity index (χ3v) is 0.502. The molecule has 0 rings (SSSR count). The van der Waals surface area contributed by atoms with Crippen molar-refractivity contribution in [3.05, 3.63) is 197 Å².